The number of hydrogen-bond acceptors (Lipinski definition) is 3. The molecule has 0 aliphatic heterocycles. The van der Waals surface area contributed by atoms with Gasteiger partial charge in [0.15, 0.2) is 0 Å². The third-order valence-electron chi connectivity index (χ3n) is 3.20. The number of carboxylic acids is 1. The van der Waals surface area contributed by atoms with Gasteiger partial charge < -0.3 is 9.84 Å². The first-order valence-electron chi connectivity index (χ1n) is 6.78. The van der Waals surface area contributed by atoms with Crippen LogP contribution in [0.25, 0.3) is 0 Å². The van der Waals surface area contributed by atoms with Gasteiger partial charge in [-0.25, -0.2) is 0 Å². The second kappa shape index (κ2) is 7.57. The highest BCUT2D eigenvalue weighted by Gasteiger charge is 2.19. The molecule has 2 rings (SSSR count). The highest BCUT2D eigenvalue weighted by molar-refractivity contribution is 5.75. The first kappa shape index (κ1) is 15.2. The summed E-state index contributed by atoms with van der Waals surface area (Å²) in [5, 5.41) is 12.5. The predicted octanol–water partition coefficient (Wildman–Crippen LogP) is 2.75. The molecule has 0 saturated heterocycles. The number of ether oxygens (including phenoxy) is 1. The molecule has 2 aromatic carbocycles. The molecule has 0 amide bonds. The van der Waals surface area contributed by atoms with Crippen molar-refractivity contribution in [2.24, 2.45) is 0 Å². The topological polar surface area (TPSA) is 58.6 Å². The van der Waals surface area contributed by atoms with Gasteiger partial charge in [0.05, 0.1) is 6.61 Å². The lowest BCUT2D eigenvalue weighted by molar-refractivity contribution is -0.139. The number of benzene rings is 2. The molecule has 4 nitrogen and oxygen atoms in total. The van der Waals surface area contributed by atoms with Crippen molar-refractivity contribution in [3.63, 3.8) is 0 Å². The Morgan fingerprint density at radius 3 is 2.52 bits per heavy atom. The lowest BCUT2D eigenvalue weighted by atomic mass is 10.0. The molecule has 0 aliphatic carbocycles. The van der Waals surface area contributed by atoms with E-state index in [0.717, 1.165) is 16.7 Å². The maximum atomic E-state index is 11.5. The average Bonchev–Trinajstić information content (AvgIpc) is 2.49. The molecular weight excluding hydrogens is 266 g/mol. The van der Waals surface area contributed by atoms with Crippen molar-refractivity contribution in [2.45, 2.75) is 19.2 Å². The van der Waals surface area contributed by atoms with Crippen molar-refractivity contribution in [1.29, 1.82) is 0 Å². The number of aliphatic carboxylic acids is 1. The maximum absolute atomic E-state index is 11.5. The van der Waals surface area contributed by atoms with Gasteiger partial charge in [-0.15, -0.1) is 0 Å². The zero-order valence-electron chi connectivity index (χ0n) is 12.0. The van der Waals surface area contributed by atoms with Crippen LogP contribution in [0.4, 0.5) is 0 Å². The van der Waals surface area contributed by atoms with Crippen molar-refractivity contribution in [2.75, 3.05) is 7.11 Å². The Labute approximate surface area is 124 Å². The monoisotopic (exact) mass is 285 g/mol. The fourth-order valence-corrected chi connectivity index (χ4v) is 2.19. The van der Waals surface area contributed by atoms with E-state index in [0.29, 0.717) is 13.2 Å². The summed E-state index contributed by atoms with van der Waals surface area (Å²) in [4.78, 5) is 11.5. The molecule has 1 unspecified atom stereocenters. The van der Waals surface area contributed by atoms with Gasteiger partial charge >= 0.3 is 5.97 Å². The summed E-state index contributed by atoms with van der Waals surface area (Å²) in [6.45, 7) is 0.977. The summed E-state index contributed by atoms with van der Waals surface area (Å²) in [5.41, 5.74) is 2.74. The second-order valence-electron chi connectivity index (χ2n) is 4.82. The molecule has 4 heteroatoms. The number of hydrogen-bond donors (Lipinski definition) is 2. The van der Waals surface area contributed by atoms with Gasteiger partial charge in [-0.05, 0) is 16.7 Å². The number of methoxy groups -OCH3 is 1. The summed E-state index contributed by atoms with van der Waals surface area (Å²) in [6.07, 6.45) is 0. The Morgan fingerprint density at radius 1 is 1.14 bits per heavy atom. The Kier molecular flexibility index (Phi) is 5.49. The van der Waals surface area contributed by atoms with Gasteiger partial charge in [-0.1, -0.05) is 54.6 Å². The van der Waals surface area contributed by atoms with E-state index in [2.05, 4.69) is 5.32 Å². The van der Waals surface area contributed by atoms with Crippen LogP contribution in [0.2, 0.25) is 0 Å². The van der Waals surface area contributed by atoms with Gasteiger partial charge in [-0.3, -0.25) is 10.1 Å². The zero-order valence-corrected chi connectivity index (χ0v) is 12.0. The van der Waals surface area contributed by atoms with Gasteiger partial charge in [-0.2, -0.15) is 0 Å². The number of nitrogens with one attached hydrogen (secondary N) is 1. The molecule has 0 aromatic heterocycles. The molecule has 2 aromatic rings. The summed E-state index contributed by atoms with van der Waals surface area (Å²) in [7, 11) is 1.62. The SMILES string of the molecule is COCc1cccc(C(NCc2ccccc2)C(=O)O)c1. The molecule has 0 saturated carbocycles. The Bertz CT molecular complexity index is 584. The van der Waals surface area contributed by atoms with Crippen molar-refractivity contribution in [3.05, 3.63) is 71.3 Å². The highest BCUT2D eigenvalue weighted by atomic mass is 16.5. The van der Waals surface area contributed by atoms with Crippen LogP contribution < -0.4 is 5.32 Å². The molecule has 0 heterocycles. The molecule has 0 radical (unpaired) electrons. The van der Waals surface area contributed by atoms with E-state index in [4.69, 9.17) is 4.74 Å². The van der Waals surface area contributed by atoms with Crippen LogP contribution in [-0.2, 0) is 22.7 Å². The van der Waals surface area contributed by atoms with E-state index in [-0.39, 0.29) is 0 Å². The first-order chi connectivity index (χ1) is 10.2. The minimum absolute atomic E-state index is 0.471. The summed E-state index contributed by atoms with van der Waals surface area (Å²) >= 11 is 0. The minimum Gasteiger partial charge on any atom is -0.480 e. The van der Waals surface area contributed by atoms with Crippen molar-refractivity contribution >= 4 is 5.97 Å². The minimum atomic E-state index is -0.888. The Balaban J connectivity index is 2.11. The maximum Gasteiger partial charge on any atom is 0.325 e. The summed E-state index contributed by atoms with van der Waals surface area (Å²) < 4.78 is 5.08. The highest BCUT2D eigenvalue weighted by Crippen LogP contribution is 2.16. The van der Waals surface area contributed by atoms with Gasteiger partial charge in [0.25, 0.3) is 0 Å². The lowest BCUT2D eigenvalue weighted by Crippen LogP contribution is -2.28. The molecule has 0 fully saturated rings. The predicted molar refractivity (Wildman–Crippen MR) is 80.8 cm³/mol. The van der Waals surface area contributed by atoms with Gasteiger partial charge in [0.2, 0.25) is 0 Å². The van der Waals surface area contributed by atoms with E-state index < -0.39 is 12.0 Å². The van der Waals surface area contributed by atoms with Crippen LogP contribution in [0, 0.1) is 0 Å². The summed E-state index contributed by atoms with van der Waals surface area (Å²) in [5.74, 6) is -0.888. The smallest absolute Gasteiger partial charge is 0.325 e. The van der Waals surface area contributed by atoms with Crippen molar-refractivity contribution in [1.82, 2.24) is 5.32 Å². The fourth-order valence-electron chi connectivity index (χ4n) is 2.19. The number of carboxylic acid groups (broad SMARTS) is 1. The third-order valence-corrected chi connectivity index (χ3v) is 3.20. The van der Waals surface area contributed by atoms with Gasteiger partial charge in [0.1, 0.15) is 6.04 Å². The summed E-state index contributed by atoms with van der Waals surface area (Å²) in [6, 6.07) is 16.5. The van der Waals surface area contributed by atoms with Gasteiger partial charge in [0, 0.05) is 13.7 Å². The molecule has 2 N–H and O–H groups in total. The molecule has 110 valence electrons. The normalized spacial score (nSPS) is 12.0. The molecular formula is C17H19NO3. The van der Waals surface area contributed by atoms with Crippen LogP contribution in [0.1, 0.15) is 22.7 Å². The van der Waals surface area contributed by atoms with E-state index in [1.807, 2.05) is 54.6 Å². The number of carbonyl (C=O) groups is 1. The molecule has 21 heavy (non-hydrogen) atoms. The van der Waals surface area contributed by atoms with E-state index in [1.165, 1.54) is 0 Å². The van der Waals surface area contributed by atoms with E-state index in [1.54, 1.807) is 7.11 Å². The zero-order chi connectivity index (χ0) is 15.1. The van der Waals surface area contributed by atoms with Crippen molar-refractivity contribution < 1.29 is 14.6 Å². The average molecular weight is 285 g/mol. The molecule has 0 aliphatic rings. The van der Waals surface area contributed by atoms with E-state index >= 15 is 0 Å². The molecule has 1 atom stereocenters. The Hall–Kier alpha value is -2.17. The first-order valence-corrected chi connectivity index (χ1v) is 6.78. The van der Waals surface area contributed by atoms with Crippen LogP contribution in [-0.4, -0.2) is 18.2 Å². The molecule has 0 spiro atoms. The quantitative estimate of drug-likeness (QED) is 0.821. The fraction of sp³-hybridized carbons (Fsp3) is 0.235. The largest absolute Gasteiger partial charge is 0.480 e. The van der Waals surface area contributed by atoms with Crippen LogP contribution in [0.3, 0.4) is 0 Å². The Morgan fingerprint density at radius 2 is 1.86 bits per heavy atom. The van der Waals surface area contributed by atoms with Crippen LogP contribution in [0.5, 0.6) is 0 Å². The van der Waals surface area contributed by atoms with Crippen LogP contribution in [0.15, 0.2) is 54.6 Å². The third kappa shape index (κ3) is 4.41. The van der Waals surface area contributed by atoms with Crippen molar-refractivity contribution in [3.8, 4) is 0 Å². The standard InChI is InChI=1S/C17H19NO3/c1-21-12-14-8-5-9-15(10-14)16(17(19)20)18-11-13-6-3-2-4-7-13/h2-10,16,18H,11-12H2,1H3,(H,19,20). The number of rotatable bonds is 7. The van der Waals surface area contributed by atoms with E-state index in [9.17, 15) is 9.90 Å². The van der Waals surface area contributed by atoms with Crippen LogP contribution >= 0.6 is 0 Å². The second-order valence-corrected chi connectivity index (χ2v) is 4.82. The molecule has 0 bridgehead atoms. The lowest BCUT2D eigenvalue weighted by Gasteiger charge is -2.16.